The molecule has 3 rings (SSSR count). The van der Waals surface area contributed by atoms with E-state index in [1.807, 2.05) is 18.2 Å². The van der Waals surface area contributed by atoms with Crippen LogP contribution in [0.5, 0.6) is 0 Å². The minimum Gasteiger partial charge on any atom is -0.329 e. The first-order valence-electron chi connectivity index (χ1n) is 6.74. The number of benzene rings is 1. The van der Waals surface area contributed by atoms with Gasteiger partial charge in [0.1, 0.15) is 5.82 Å². The first-order chi connectivity index (χ1) is 9.18. The highest BCUT2D eigenvalue weighted by Gasteiger charge is 2.23. The van der Waals surface area contributed by atoms with Crippen LogP contribution in [0.3, 0.4) is 0 Å². The Bertz CT molecular complexity index is 586. The average Bonchev–Trinajstić information content (AvgIpc) is 2.78. The topological polar surface area (TPSA) is 33.1 Å². The van der Waals surface area contributed by atoms with Gasteiger partial charge in [0.25, 0.3) is 0 Å². The third-order valence-corrected chi connectivity index (χ3v) is 4.26. The van der Waals surface area contributed by atoms with Gasteiger partial charge >= 0.3 is 0 Å². The second-order valence-corrected chi connectivity index (χ2v) is 5.51. The monoisotopic (exact) mass is 278 g/mol. The van der Waals surface area contributed by atoms with Crippen molar-refractivity contribution in [2.24, 2.45) is 7.05 Å². The molecule has 0 saturated carbocycles. The van der Waals surface area contributed by atoms with Crippen LogP contribution < -0.4 is 5.32 Å². The van der Waals surface area contributed by atoms with Crippen LogP contribution >= 0.6 is 11.6 Å². The van der Waals surface area contributed by atoms with Crippen molar-refractivity contribution in [2.45, 2.75) is 13.0 Å². The average molecular weight is 279 g/mol. The molecule has 102 valence electrons. The van der Waals surface area contributed by atoms with Gasteiger partial charge < -0.3 is 9.88 Å². The fraction of sp³-hybridized carbons (Fsp3) is 0.500. The number of rotatable bonds is 2. The second-order valence-electron chi connectivity index (χ2n) is 5.10. The van der Waals surface area contributed by atoms with Gasteiger partial charge in [-0.15, -0.1) is 0 Å². The number of hydrogen-bond acceptors (Lipinski definition) is 3. The van der Waals surface area contributed by atoms with Gasteiger partial charge in [-0.1, -0.05) is 17.7 Å². The summed E-state index contributed by atoms with van der Waals surface area (Å²) < 4.78 is 2.13. The van der Waals surface area contributed by atoms with Gasteiger partial charge in [0, 0.05) is 33.2 Å². The molecule has 2 aromatic rings. The highest BCUT2D eigenvalue weighted by atomic mass is 35.5. The third kappa shape index (κ3) is 2.24. The summed E-state index contributed by atoms with van der Waals surface area (Å²) in [6.07, 6.45) is 0. The normalized spacial score (nSPS) is 18.9. The van der Waals surface area contributed by atoms with Crippen LogP contribution in [0.1, 0.15) is 18.8 Å². The fourth-order valence-electron chi connectivity index (χ4n) is 2.85. The summed E-state index contributed by atoms with van der Waals surface area (Å²) in [5, 5.41) is 4.15. The molecule has 1 aromatic carbocycles. The molecule has 19 heavy (non-hydrogen) atoms. The molecule has 0 radical (unpaired) electrons. The van der Waals surface area contributed by atoms with Crippen LogP contribution in [-0.4, -0.2) is 40.6 Å². The molecule has 2 heterocycles. The van der Waals surface area contributed by atoms with Crippen LogP contribution in [0.4, 0.5) is 0 Å². The molecular formula is C14H19ClN4. The molecule has 0 amide bonds. The van der Waals surface area contributed by atoms with E-state index >= 15 is 0 Å². The van der Waals surface area contributed by atoms with Crippen LogP contribution in [0.15, 0.2) is 18.2 Å². The first kappa shape index (κ1) is 12.9. The van der Waals surface area contributed by atoms with Crippen molar-refractivity contribution >= 4 is 22.6 Å². The molecule has 1 atom stereocenters. The van der Waals surface area contributed by atoms with E-state index in [0.717, 1.165) is 48.1 Å². The molecule has 0 bridgehead atoms. The Morgan fingerprint density at radius 2 is 2.05 bits per heavy atom. The largest absolute Gasteiger partial charge is 0.329 e. The SMILES string of the molecule is CC(c1nc2cccc(Cl)c2n1C)N1CCNCC1. The molecule has 1 aromatic heterocycles. The lowest BCUT2D eigenvalue weighted by molar-refractivity contribution is 0.177. The van der Waals surface area contributed by atoms with Crippen LogP contribution in [0.25, 0.3) is 11.0 Å². The Balaban J connectivity index is 2.00. The standard InChI is InChI=1S/C14H19ClN4/c1-10(19-8-6-16-7-9-19)14-17-12-5-3-4-11(15)13(12)18(14)2/h3-5,10,16H,6-9H2,1-2H3. The smallest absolute Gasteiger partial charge is 0.126 e. The molecule has 1 fully saturated rings. The van der Waals surface area contributed by atoms with Crippen molar-refractivity contribution < 1.29 is 0 Å². The molecule has 1 N–H and O–H groups in total. The van der Waals surface area contributed by atoms with Gasteiger partial charge in [-0.25, -0.2) is 4.98 Å². The molecular weight excluding hydrogens is 260 g/mol. The molecule has 5 heteroatoms. The van der Waals surface area contributed by atoms with E-state index in [9.17, 15) is 0 Å². The summed E-state index contributed by atoms with van der Waals surface area (Å²) >= 11 is 6.28. The Kier molecular flexibility index (Phi) is 3.48. The molecule has 1 aliphatic heterocycles. The van der Waals surface area contributed by atoms with E-state index in [2.05, 4.69) is 28.8 Å². The van der Waals surface area contributed by atoms with E-state index in [1.165, 1.54) is 0 Å². The van der Waals surface area contributed by atoms with Crippen LogP contribution in [-0.2, 0) is 7.05 Å². The maximum Gasteiger partial charge on any atom is 0.126 e. The molecule has 1 unspecified atom stereocenters. The van der Waals surface area contributed by atoms with E-state index in [4.69, 9.17) is 16.6 Å². The number of nitrogens with one attached hydrogen (secondary N) is 1. The Morgan fingerprint density at radius 1 is 1.32 bits per heavy atom. The molecule has 4 nitrogen and oxygen atoms in total. The van der Waals surface area contributed by atoms with Gasteiger partial charge in [-0.05, 0) is 19.1 Å². The maximum atomic E-state index is 6.28. The van der Waals surface area contributed by atoms with Crippen LogP contribution in [0, 0.1) is 0 Å². The van der Waals surface area contributed by atoms with E-state index in [-0.39, 0.29) is 0 Å². The van der Waals surface area contributed by atoms with E-state index < -0.39 is 0 Å². The highest BCUT2D eigenvalue weighted by Crippen LogP contribution is 2.28. The predicted octanol–water partition coefficient (Wildman–Crippen LogP) is 2.19. The zero-order chi connectivity index (χ0) is 13.4. The summed E-state index contributed by atoms with van der Waals surface area (Å²) in [6.45, 7) is 6.46. The number of aromatic nitrogens is 2. The number of nitrogens with zero attached hydrogens (tertiary/aromatic N) is 3. The van der Waals surface area contributed by atoms with Crippen molar-refractivity contribution in [2.75, 3.05) is 26.2 Å². The van der Waals surface area contributed by atoms with E-state index in [1.54, 1.807) is 0 Å². The maximum absolute atomic E-state index is 6.28. The third-order valence-electron chi connectivity index (χ3n) is 3.95. The Hall–Kier alpha value is -1.10. The van der Waals surface area contributed by atoms with Crippen molar-refractivity contribution in [1.82, 2.24) is 19.8 Å². The quantitative estimate of drug-likeness (QED) is 0.914. The zero-order valence-electron chi connectivity index (χ0n) is 11.4. The highest BCUT2D eigenvalue weighted by molar-refractivity contribution is 6.35. The molecule has 1 aliphatic rings. The van der Waals surface area contributed by atoms with Crippen molar-refractivity contribution in [1.29, 1.82) is 0 Å². The van der Waals surface area contributed by atoms with Crippen LogP contribution in [0.2, 0.25) is 5.02 Å². The predicted molar refractivity (Wildman–Crippen MR) is 78.6 cm³/mol. The van der Waals surface area contributed by atoms with Gasteiger partial charge in [0.15, 0.2) is 0 Å². The number of halogens is 1. The number of hydrogen-bond donors (Lipinski definition) is 1. The number of imidazole rings is 1. The van der Waals surface area contributed by atoms with Crippen molar-refractivity contribution in [3.8, 4) is 0 Å². The molecule has 1 saturated heterocycles. The number of para-hydroxylation sites is 1. The minimum absolute atomic E-state index is 0.315. The summed E-state index contributed by atoms with van der Waals surface area (Å²) in [7, 11) is 2.05. The Labute approximate surface area is 118 Å². The summed E-state index contributed by atoms with van der Waals surface area (Å²) in [5.74, 6) is 1.09. The van der Waals surface area contributed by atoms with Gasteiger partial charge in [0.05, 0.1) is 22.1 Å². The first-order valence-corrected chi connectivity index (χ1v) is 7.12. The van der Waals surface area contributed by atoms with Crippen molar-refractivity contribution in [3.05, 3.63) is 29.0 Å². The second kappa shape index (κ2) is 5.12. The number of piperazine rings is 1. The Morgan fingerprint density at radius 3 is 2.74 bits per heavy atom. The summed E-state index contributed by atoms with van der Waals surface area (Å²) in [6, 6.07) is 6.22. The van der Waals surface area contributed by atoms with Gasteiger partial charge in [-0.3, -0.25) is 4.90 Å². The van der Waals surface area contributed by atoms with Crippen molar-refractivity contribution in [3.63, 3.8) is 0 Å². The van der Waals surface area contributed by atoms with Gasteiger partial charge in [-0.2, -0.15) is 0 Å². The van der Waals surface area contributed by atoms with Gasteiger partial charge in [0.2, 0.25) is 0 Å². The minimum atomic E-state index is 0.315. The summed E-state index contributed by atoms with van der Waals surface area (Å²) in [5.41, 5.74) is 2.01. The number of aryl methyl sites for hydroxylation is 1. The number of fused-ring (bicyclic) bond motifs is 1. The molecule has 0 spiro atoms. The molecule has 0 aliphatic carbocycles. The lowest BCUT2D eigenvalue weighted by Gasteiger charge is -2.32. The lowest BCUT2D eigenvalue weighted by Crippen LogP contribution is -2.44. The lowest BCUT2D eigenvalue weighted by atomic mass is 10.2. The summed E-state index contributed by atoms with van der Waals surface area (Å²) in [4.78, 5) is 7.23. The van der Waals surface area contributed by atoms with E-state index in [0.29, 0.717) is 6.04 Å². The zero-order valence-corrected chi connectivity index (χ0v) is 12.1. The fourth-order valence-corrected chi connectivity index (χ4v) is 3.14.